The van der Waals surface area contributed by atoms with Crippen LogP contribution in [-0.4, -0.2) is 51.3 Å². The van der Waals surface area contributed by atoms with E-state index in [1.807, 2.05) is 0 Å². The third-order valence-corrected chi connectivity index (χ3v) is 6.25. The van der Waals surface area contributed by atoms with E-state index in [0.717, 1.165) is 0 Å². The first kappa shape index (κ1) is 23.2. The summed E-state index contributed by atoms with van der Waals surface area (Å²) < 4.78 is 31.8. The van der Waals surface area contributed by atoms with Gasteiger partial charge in [-0.15, -0.1) is 0 Å². The number of carbonyl (C=O) groups excluding carboxylic acids is 1. The molecule has 0 bridgehead atoms. The lowest BCUT2D eigenvalue weighted by Gasteiger charge is -2.18. The molecular weight excluding hydrogens is 408 g/mol. The first-order chi connectivity index (χ1) is 14.3. The number of para-hydroxylation sites is 1. The highest BCUT2D eigenvalue weighted by atomic mass is 32.2. The molecule has 30 heavy (non-hydrogen) atoms. The molecule has 10 heteroatoms. The zero-order valence-electron chi connectivity index (χ0n) is 17.2. The van der Waals surface area contributed by atoms with Crippen LogP contribution >= 0.6 is 0 Å². The maximum absolute atomic E-state index is 12.6. The summed E-state index contributed by atoms with van der Waals surface area (Å²) in [5.74, 6) is 0.0783. The minimum Gasteiger partial charge on any atom is -0.496 e. The van der Waals surface area contributed by atoms with E-state index in [4.69, 9.17) is 15.3 Å². The largest absolute Gasteiger partial charge is 0.496 e. The maximum atomic E-state index is 12.6. The van der Waals surface area contributed by atoms with Crippen LogP contribution in [0.1, 0.15) is 19.4 Å². The first-order valence-electron chi connectivity index (χ1n) is 9.32. The third-order valence-electron chi connectivity index (χ3n) is 4.20. The highest BCUT2D eigenvalue weighted by molar-refractivity contribution is 7.89. The van der Waals surface area contributed by atoms with Gasteiger partial charge in [0.1, 0.15) is 5.75 Å². The second-order valence-corrected chi connectivity index (χ2v) is 8.05. The Balaban J connectivity index is 2.02. The van der Waals surface area contributed by atoms with E-state index >= 15 is 0 Å². The van der Waals surface area contributed by atoms with Crippen LogP contribution in [0.15, 0.2) is 58.6 Å². The van der Waals surface area contributed by atoms with Gasteiger partial charge in [0.25, 0.3) is 5.91 Å². The van der Waals surface area contributed by atoms with Gasteiger partial charge < -0.3 is 20.6 Å². The van der Waals surface area contributed by atoms with Gasteiger partial charge in [-0.3, -0.25) is 4.79 Å². The molecule has 0 aliphatic rings. The Hall–Kier alpha value is -3.11. The number of methoxy groups -OCH3 is 1. The van der Waals surface area contributed by atoms with Crippen LogP contribution in [0.25, 0.3) is 0 Å². The molecule has 0 radical (unpaired) electrons. The van der Waals surface area contributed by atoms with Crippen molar-refractivity contribution >= 4 is 27.5 Å². The molecule has 0 atom stereocenters. The number of sulfonamides is 1. The minimum absolute atomic E-state index is 0.0626. The van der Waals surface area contributed by atoms with Crippen LogP contribution in [-0.2, 0) is 19.7 Å². The smallest absolute Gasteiger partial charge is 0.265 e. The summed E-state index contributed by atoms with van der Waals surface area (Å²) in [5, 5.41) is 6.32. The SMILES string of the molecule is CCN(CC)S(=O)(=O)c1cccc(NC(=O)CO/N=C(/N)c2ccccc2OC)c1. The maximum Gasteiger partial charge on any atom is 0.265 e. The Morgan fingerprint density at radius 3 is 2.50 bits per heavy atom. The van der Waals surface area contributed by atoms with Gasteiger partial charge in [0.05, 0.1) is 17.6 Å². The number of nitrogens with zero attached hydrogens (tertiary/aromatic N) is 2. The van der Waals surface area contributed by atoms with Crippen LogP contribution in [0.5, 0.6) is 5.75 Å². The number of hydrogen-bond acceptors (Lipinski definition) is 6. The summed E-state index contributed by atoms with van der Waals surface area (Å²) in [4.78, 5) is 17.3. The second-order valence-electron chi connectivity index (χ2n) is 6.12. The highest BCUT2D eigenvalue weighted by Gasteiger charge is 2.21. The number of benzene rings is 2. The van der Waals surface area contributed by atoms with Gasteiger partial charge in [-0.05, 0) is 30.3 Å². The number of rotatable bonds is 10. The summed E-state index contributed by atoms with van der Waals surface area (Å²) in [6.07, 6.45) is 0. The fourth-order valence-electron chi connectivity index (χ4n) is 2.71. The predicted octanol–water partition coefficient (Wildman–Crippen LogP) is 2.00. The molecule has 0 aliphatic carbocycles. The molecular formula is C20H26N4O5S. The number of anilines is 1. The number of carbonyl (C=O) groups is 1. The Morgan fingerprint density at radius 1 is 1.13 bits per heavy atom. The molecule has 0 unspecified atom stereocenters. The van der Waals surface area contributed by atoms with Crippen molar-refractivity contribution in [3.8, 4) is 5.75 Å². The zero-order chi connectivity index (χ0) is 22.1. The van der Waals surface area contributed by atoms with Gasteiger partial charge in [-0.1, -0.05) is 37.2 Å². The van der Waals surface area contributed by atoms with Crippen LogP contribution < -0.4 is 15.8 Å². The lowest BCUT2D eigenvalue weighted by Crippen LogP contribution is -2.30. The predicted molar refractivity (Wildman–Crippen MR) is 115 cm³/mol. The molecule has 1 amide bonds. The van der Waals surface area contributed by atoms with Gasteiger partial charge in [0.2, 0.25) is 10.0 Å². The number of ether oxygens (including phenoxy) is 1. The lowest BCUT2D eigenvalue weighted by molar-refractivity contribution is -0.120. The van der Waals surface area contributed by atoms with Crippen LogP contribution in [0, 0.1) is 0 Å². The number of nitrogens with one attached hydrogen (secondary N) is 1. The standard InChI is InChI=1S/C20H26N4O5S/c1-4-24(5-2)30(26,27)16-10-8-9-15(13-16)22-19(25)14-29-23-20(21)17-11-6-7-12-18(17)28-3/h6-13H,4-5,14H2,1-3H3,(H2,21,23)(H,22,25). The Labute approximate surface area is 176 Å². The van der Waals surface area contributed by atoms with Crippen molar-refractivity contribution in [2.24, 2.45) is 10.9 Å². The Morgan fingerprint density at radius 2 is 1.83 bits per heavy atom. The average molecular weight is 435 g/mol. The van der Waals surface area contributed by atoms with Crippen molar-refractivity contribution in [1.29, 1.82) is 0 Å². The molecule has 162 valence electrons. The van der Waals surface area contributed by atoms with Crippen molar-refractivity contribution in [1.82, 2.24) is 4.31 Å². The summed E-state index contributed by atoms with van der Waals surface area (Å²) in [6.45, 7) is 3.84. The Kier molecular flexibility index (Phi) is 8.19. The van der Waals surface area contributed by atoms with Crippen molar-refractivity contribution < 1.29 is 22.8 Å². The number of amides is 1. The van der Waals surface area contributed by atoms with Crippen molar-refractivity contribution in [2.45, 2.75) is 18.7 Å². The fourth-order valence-corrected chi connectivity index (χ4v) is 4.21. The van der Waals surface area contributed by atoms with Crippen LogP contribution in [0.2, 0.25) is 0 Å². The number of oxime groups is 1. The van der Waals surface area contributed by atoms with E-state index in [-0.39, 0.29) is 10.7 Å². The Bertz CT molecular complexity index is 1000. The molecule has 0 heterocycles. The molecule has 0 saturated carbocycles. The quantitative estimate of drug-likeness (QED) is 0.335. The van der Waals surface area contributed by atoms with E-state index in [0.29, 0.717) is 30.1 Å². The summed E-state index contributed by atoms with van der Waals surface area (Å²) in [7, 11) is -2.12. The number of hydrogen-bond donors (Lipinski definition) is 2. The second kappa shape index (κ2) is 10.6. The molecule has 9 nitrogen and oxygen atoms in total. The van der Waals surface area contributed by atoms with E-state index in [9.17, 15) is 13.2 Å². The van der Waals surface area contributed by atoms with Gasteiger partial charge in [-0.2, -0.15) is 4.31 Å². The summed E-state index contributed by atoms with van der Waals surface area (Å²) in [5.41, 5.74) is 6.74. The molecule has 2 aromatic rings. The normalized spacial score (nSPS) is 11.9. The molecule has 0 aliphatic heterocycles. The van der Waals surface area contributed by atoms with Crippen molar-refractivity contribution in [3.05, 3.63) is 54.1 Å². The third kappa shape index (κ3) is 5.71. The number of nitrogens with two attached hydrogens (primary N) is 1. The van der Waals surface area contributed by atoms with Crippen LogP contribution in [0.4, 0.5) is 5.69 Å². The molecule has 0 aromatic heterocycles. The average Bonchev–Trinajstić information content (AvgIpc) is 2.74. The molecule has 2 rings (SSSR count). The molecule has 0 saturated heterocycles. The van der Waals surface area contributed by atoms with E-state index < -0.39 is 22.5 Å². The van der Waals surface area contributed by atoms with E-state index in [2.05, 4.69) is 10.5 Å². The molecule has 3 N–H and O–H groups in total. The number of amidine groups is 1. The van der Waals surface area contributed by atoms with E-state index in [1.165, 1.54) is 23.5 Å². The summed E-state index contributed by atoms with van der Waals surface area (Å²) in [6, 6.07) is 13.0. The van der Waals surface area contributed by atoms with E-state index in [1.54, 1.807) is 50.2 Å². The molecule has 2 aromatic carbocycles. The highest BCUT2D eigenvalue weighted by Crippen LogP contribution is 2.20. The van der Waals surface area contributed by atoms with Crippen molar-refractivity contribution in [3.63, 3.8) is 0 Å². The zero-order valence-corrected chi connectivity index (χ0v) is 18.0. The lowest BCUT2D eigenvalue weighted by atomic mass is 10.2. The van der Waals surface area contributed by atoms with Gasteiger partial charge in [0.15, 0.2) is 12.4 Å². The molecule has 0 fully saturated rings. The van der Waals surface area contributed by atoms with Gasteiger partial charge in [0, 0.05) is 18.8 Å². The fraction of sp³-hybridized carbons (Fsp3) is 0.300. The summed E-state index contributed by atoms with van der Waals surface area (Å²) >= 11 is 0. The van der Waals surface area contributed by atoms with Gasteiger partial charge in [-0.25, -0.2) is 8.42 Å². The first-order valence-corrected chi connectivity index (χ1v) is 10.8. The van der Waals surface area contributed by atoms with Crippen LogP contribution in [0.3, 0.4) is 0 Å². The van der Waals surface area contributed by atoms with Gasteiger partial charge >= 0.3 is 0 Å². The topological polar surface area (TPSA) is 123 Å². The van der Waals surface area contributed by atoms with Crippen molar-refractivity contribution in [2.75, 3.05) is 32.1 Å². The monoisotopic (exact) mass is 434 g/mol. The minimum atomic E-state index is -3.62. The molecule has 0 spiro atoms.